The van der Waals surface area contributed by atoms with E-state index >= 15 is 0 Å². The zero-order valence-corrected chi connectivity index (χ0v) is 32.9. The maximum absolute atomic E-state index is 13.7. The number of carboxylic acid groups (broad SMARTS) is 1. The molecule has 2 saturated heterocycles. The predicted octanol–water partition coefficient (Wildman–Crippen LogP) is -0.599. The number of ketones is 3. The van der Waals surface area contributed by atoms with Crippen LogP contribution < -0.4 is 10.6 Å². The van der Waals surface area contributed by atoms with Gasteiger partial charge in [-0.1, -0.05) is 36.4 Å². The monoisotopic (exact) mass is 882 g/mol. The number of hydrogen-bond donors (Lipinski definition) is 11. The fourth-order valence-corrected chi connectivity index (χ4v) is 8.05. The van der Waals surface area contributed by atoms with Gasteiger partial charge in [-0.15, -0.1) is 0 Å². The van der Waals surface area contributed by atoms with Crippen LogP contribution in [0.5, 0.6) is 11.5 Å². The van der Waals surface area contributed by atoms with Gasteiger partial charge in [-0.2, -0.15) is 0 Å². The fraction of sp³-hybridized carbons (Fsp3) is 0.415. The third kappa shape index (κ3) is 8.55. The van der Waals surface area contributed by atoms with Crippen LogP contribution in [0.25, 0.3) is 0 Å². The van der Waals surface area contributed by atoms with Gasteiger partial charge in [0.1, 0.15) is 54.7 Å². The summed E-state index contributed by atoms with van der Waals surface area (Å²) >= 11 is 0. The number of amides is 2. The van der Waals surface area contributed by atoms with E-state index in [1.54, 1.807) is 0 Å². The molecule has 0 saturated carbocycles. The van der Waals surface area contributed by atoms with E-state index in [4.69, 9.17) is 28.8 Å². The molecule has 3 aromatic rings. The molecule has 22 heteroatoms. The van der Waals surface area contributed by atoms with Crippen molar-refractivity contribution in [3.05, 3.63) is 87.5 Å². The standard InChI is InChI=1S/C41H42N2O20/c1-15-28(46)21(43-39(56)59-14-16-6-8-17(9-7-16)42-40(57)63-38-35(53)33(51)34(52)36(62-38)37(54)55)10-24(60-15)61-22-12-41(58,23(45)13-44)11-20-25(22)32(50)27-26(31(20)49)29(47)18-4-2-3-5-19(18)30(27)48/h2-9,15,21-22,24,28,33-36,38,44,46,49-53,58H,10-14H2,1H3,(H,42,57)(H,43,56)(H,54,55)/t15-,21-,22-,24-,28+,33-,34-,35+,36-,38-,41-/m0/s1. The molecule has 2 amide bonds. The third-order valence-electron chi connectivity index (χ3n) is 11.4. The number of nitrogens with one attached hydrogen (secondary N) is 2. The van der Waals surface area contributed by atoms with Gasteiger partial charge in [0.2, 0.25) is 6.29 Å². The van der Waals surface area contributed by atoms with Gasteiger partial charge < -0.3 is 75.0 Å². The van der Waals surface area contributed by atoms with Crippen LogP contribution in [0, 0.1) is 0 Å². The van der Waals surface area contributed by atoms with Gasteiger partial charge in [0.25, 0.3) is 0 Å². The molecule has 11 N–H and O–H groups in total. The zero-order valence-electron chi connectivity index (χ0n) is 32.9. The van der Waals surface area contributed by atoms with E-state index in [-0.39, 0.29) is 41.0 Å². The van der Waals surface area contributed by atoms with Gasteiger partial charge in [0, 0.05) is 47.2 Å². The van der Waals surface area contributed by atoms with Gasteiger partial charge in [-0.05, 0) is 24.6 Å². The van der Waals surface area contributed by atoms with E-state index in [0.717, 1.165) is 0 Å². The van der Waals surface area contributed by atoms with E-state index in [2.05, 4.69) is 10.6 Å². The number of ether oxygens (including phenoxy) is 5. The maximum Gasteiger partial charge on any atom is 0.414 e. The van der Waals surface area contributed by atoms with Crippen molar-refractivity contribution in [3.63, 3.8) is 0 Å². The van der Waals surface area contributed by atoms with Crippen LogP contribution in [-0.2, 0) is 46.3 Å². The molecular weight excluding hydrogens is 840 g/mol. The Morgan fingerprint density at radius 2 is 1.48 bits per heavy atom. The van der Waals surface area contributed by atoms with Gasteiger partial charge in [0.15, 0.2) is 29.7 Å². The number of hydrogen-bond acceptors (Lipinski definition) is 19. The van der Waals surface area contributed by atoms with Gasteiger partial charge in [-0.25, -0.2) is 14.4 Å². The maximum atomic E-state index is 13.7. The summed E-state index contributed by atoms with van der Waals surface area (Å²) in [6, 6.07) is 10.3. The molecule has 0 aromatic heterocycles. The molecule has 0 unspecified atom stereocenters. The lowest BCUT2D eigenvalue weighted by Gasteiger charge is -2.42. The van der Waals surface area contributed by atoms with Crippen LogP contribution in [0.1, 0.15) is 74.4 Å². The number of aromatic hydroxyl groups is 2. The second kappa shape index (κ2) is 17.6. The highest BCUT2D eigenvalue weighted by atomic mass is 16.7. The first kappa shape index (κ1) is 45.0. The topological polar surface area (TPSA) is 355 Å². The minimum absolute atomic E-state index is 0.0334. The third-order valence-corrected chi connectivity index (χ3v) is 11.4. The summed E-state index contributed by atoms with van der Waals surface area (Å²) in [5, 5.41) is 99.1. The lowest BCUT2D eigenvalue weighted by Crippen LogP contribution is -2.60. The summed E-state index contributed by atoms with van der Waals surface area (Å²) in [6.45, 7) is 0.0188. The first-order valence-corrected chi connectivity index (χ1v) is 19.4. The highest BCUT2D eigenvalue weighted by Gasteiger charge is 2.51. The molecule has 336 valence electrons. The Balaban J connectivity index is 1.01. The minimum Gasteiger partial charge on any atom is -0.507 e. The number of fused-ring (bicyclic) bond motifs is 3. The SMILES string of the molecule is C[C@@H]1O[C@@H](O[C@H]2C[C@](O)(C(=O)CO)Cc3c(O)c4c(c(O)c32)C(=O)c2ccccc2C4=O)C[C@H](NC(=O)OCc2ccc(NC(=O)O[C@@H]3O[C@H](C(=O)O)[C@@H](O)[C@H](O)[C@H]3O)cc2)[C@@H]1O. The molecular formula is C41H42N2O20. The van der Waals surface area contributed by atoms with Crippen molar-refractivity contribution < 1.29 is 98.4 Å². The number of Topliss-reactive ketones (excluding diaryl/α,β-unsaturated/α-hetero) is 1. The Kier molecular flexibility index (Phi) is 12.6. The molecule has 63 heavy (non-hydrogen) atoms. The molecule has 0 radical (unpaired) electrons. The molecule has 0 spiro atoms. The zero-order chi connectivity index (χ0) is 45.7. The lowest BCUT2D eigenvalue weighted by atomic mass is 9.72. The summed E-state index contributed by atoms with van der Waals surface area (Å²) in [4.78, 5) is 76.8. The number of rotatable bonds is 10. The molecule has 3 aromatic carbocycles. The summed E-state index contributed by atoms with van der Waals surface area (Å²) in [5.74, 6) is -5.83. The molecule has 7 rings (SSSR count). The summed E-state index contributed by atoms with van der Waals surface area (Å²) in [6.07, 6.45) is -18.9. The molecule has 22 nitrogen and oxygen atoms in total. The smallest absolute Gasteiger partial charge is 0.414 e. The van der Waals surface area contributed by atoms with Gasteiger partial charge in [0.05, 0.1) is 29.4 Å². The molecule has 2 heterocycles. The van der Waals surface area contributed by atoms with Crippen LogP contribution in [-0.4, -0.2) is 149 Å². The summed E-state index contributed by atoms with van der Waals surface area (Å²) < 4.78 is 27.1. The van der Waals surface area contributed by atoms with Crippen molar-refractivity contribution in [3.8, 4) is 11.5 Å². The molecule has 11 atom stereocenters. The highest BCUT2D eigenvalue weighted by molar-refractivity contribution is 6.30. The van der Waals surface area contributed by atoms with E-state index in [0.29, 0.717) is 5.56 Å². The average Bonchev–Trinajstić information content (AvgIpc) is 3.25. The number of aliphatic carboxylic acids is 1. The fourth-order valence-electron chi connectivity index (χ4n) is 8.05. The number of carbonyl (C=O) groups is 6. The minimum atomic E-state index is -2.39. The van der Waals surface area contributed by atoms with Crippen LogP contribution in [0.4, 0.5) is 15.3 Å². The number of phenolic OH excluding ortho intramolecular Hbond substituents is 2. The number of benzene rings is 3. The number of anilines is 1. The first-order chi connectivity index (χ1) is 29.8. The first-order valence-electron chi connectivity index (χ1n) is 19.4. The second-order valence-corrected chi connectivity index (χ2v) is 15.4. The summed E-state index contributed by atoms with van der Waals surface area (Å²) in [5.41, 5.74) is -3.48. The van der Waals surface area contributed by atoms with E-state index < -0.39 is 145 Å². The number of aliphatic hydroxyl groups excluding tert-OH is 5. The van der Waals surface area contributed by atoms with Crippen LogP contribution in [0.15, 0.2) is 48.5 Å². The molecule has 2 aliphatic heterocycles. The Hall–Kier alpha value is -6.08. The van der Waals surface area contributed by atoms with E-state index in [1.807, 2.05) is 0 Å². The Bertz CT molecular complexity index is 2340. The molecule has 2 aliphatic carbocycles. The number of carboxylic acids is 1. The Morgan fingerprint density at radius 3 is 2.10 bits per heavy atom. The van der Waals surface area contributed by atoms with Gasteiger partial charge >= 0.3 is 18.2 Å². The van der Waals surface area contributed by atoms with E-state index in [1.165, 1.54) is 55.5 Å². The Labute approximate surface area is 355 Å². The van der Waals surface area contributed by atoms with Crippen molar-refractivity contribution in [2.24, 2.45) is 0 Å². The number of carbonyl (C=O) groups excluding carboxylic acids is 5. The van der Waals surface area contributed by atoms with E-state index in [9.17, 15) is 69.6 Å². The quantitative estimate of drug-likeness (QED) is 0.0886. The molecule has 0 bridgehead atoms. The van der Waals surface area contributed by atoms with Crippen molar-refractivity contribution in [2.75, 3.05) is 11.9 Å². The average molecular weight is 883 g/mol. The van der Waals surface area contributed by atoms with Crippen LogP contribution in [0.3, 0.4) is 0 Å². The van der Waals surface area contributed by atoms with Crippen molar-refractivity contribution in [1.82, 2.24) is 5.32 Å². The normalized spacial score (nSPS) is 30.0. The Morgan fingerprint density at radius 1 is 0.841 bits per heavy atom. The molecule has 2 fully saturated rings. The summed E-state index contributed by atoms with van der Waals surface area (Å²) in [7, 11) is 0. The number of alkyl carbamates (subject to hydrolysis) is 1. The van der Waals surface area contributed by atoms with Crippen molar-refractivity contribution >= 4 is 41.2 Å². The second-order valence-electron chi connectivity index (χ2n) is 15.4. The lowest BCUT2D eigenvalue weighted by molar-refractivity contribution is -0.277. The predicted molar refractivity (Wildman–Crippen MR) is 205 cm³/mol. The number of aliphatic hydroxyl groups is 6. The number of phenols is 2. The largest absolute Gasteiger partial charge is 0.507 e. The highest BCUT2D eigenvalue weighted by Crippen LogP contribution is 2.52. The van der Waals surface area contributed by atoms with Crippen molar-refractivity contribution in [2.45, 2.75) is 99.7 Å². The van der Waals surface area contributed by atoms with Gasteiger partial charge in [-0.3, -0.25) is 19.7 Å². The molecule has 4 aliphatic rings. The van der Waals surface area contributed by atoms with Crippen LogP contribution in [0.2, 0.25) is 0 Å². The van der Waals surface area contributed by atoms with Crippen molar-refractivity contribution in [1.29, 1.82) is 0 Å². The van der Waals surface area contributed by atoms with Crippen LogP contribution >= 0.6 is 0 Å².